The number of benzene rings is 1. The molecule has 20 heavy (non-hydrogen) atoms. The highest BCUT2D eigenvalue weighted by Gasteiger charge is 2.13. The molecule has 5 heteroatoms. The van der Waals surface area contributed by atoms with E-state index in [9.17, 15) is 9.59 Å². The van der Waals surface area contributed by atoms with E-state index in [2.05, 4.69) is 9.97 Å². The molecule has 1 aromatic carbocycles. The Hall–Kier alpha value is -2.17. The molecule has 2 N–H and O–H groups in total. The first-order valence-corrected chi connectivity index (χ1v) is 6.90. The molecule has 2 aromatic rings. The van der Waals surface area contributed by atoms with Gasteiger partial charge in [-0.2, -0.15) is 0 Å². The molecule has 0 fully saturated rings. The molecule has 0 radical (unpaired) electrons. The number of H-pyrrole nitrogens is 1. The number of nitrogens with zero attached hydrogens (tertiary/aromatic N) is 1. The average molecular weight is 272 g/mol. The third kappa shape index (κ3) is 2.43. The zero-order chi connectivity index (χ0) is 14.1. The summed E-state index contributed by atoms with van der Waals surface area (Å²) in [7, 11) is 0. The largest absolute Gasteiger partial charge is 0.481 e. The average Bonchev–Trinajstić information content (AvgIpc) is 2.43. The van der Waals surface area contributed by atoms with Crippen molar-refractivity contribution in [2.24, 2.45) is 0 Å². The lowest BCUT2D eigenvalue weighted by molar-refractivity contribution is -0.137. The number of carboxylic acids is 1. The molecule has 0 saturated heterocycles. The van der Waals surface area contributed by atoms with E-state index in [1.807, 2.05) is 12.1 Å². The van der Waals surface area contributed by atoms with E-state index in [4.69, 9.17) is 5.11 Å². The van der Waals surface area contributed by atoms with E-state index in [1.54, 1.807) is 0 Å². The molecule has 1 heterocycles. The SMILES string of the molecule is O=C(O)CCc1nc2cc3c(cc2c(=O)[nH]1)CCCC3. The topological polar surface area (TPSA) is 83.0 Å². The molecule has 0 atom stereocenters. The number of hydrogen-bond donors (Lipinski definition) is 2. The lowest BCUT2D eigenvalue weighted by Crippen LogP contribution is -2.14. The van der Waals surface area contributed by atoms with Gasteiger partial charge < -0.3 is 10.1 Å². The Bertz CT molecular complexity index is 734. The quantitative estimate of drug-likeness (QED) is 0.892. The van der Waals surface area contributed by atoms with E-state index >= 15 is 0 Å². The Morgan fingerprint density at radius 2 is 1.95 bits per heavy atom. The zero-order valence-electron chi connectivity index (χ0n) is 11.1. The second kappa shape index (κ2) is 5.07. The molecule has 1 aliphatic rings. The maximum Gasteiger partial charge on any atom is 0.303 e. The number of rotatable bonds is 3. The number of carbonyl (C=O) groups is 1. The van der Waals surface area contributed by atoms with Crippen LogP contribution in [0.5, 0.6) is 0 Å². The third-order valence-electron chi connectivity index (χ3n) is 3.79. The molecule has 1 aliphatic carbocycles. The van der Waals surface area contributed by atoms with Crippen LogP contribution in [-0.2, 0) is 24.1 Å². The van der Waals surface area contributed by atoms with Crippen LogP contribution in [0.3, 0.4) is 0 Å². The van der Waals surface area contributed by atoms with E-state index in [0.29, 0.717) is 16.7 Å². The van der Waals surface area contributed by atoms with Crippen molar-refractivity contribution in [1.82, 2.24) is 9.97 Å². The highest BCUT2D eigenvalue weighted by molar-refractivity contribution is 5.79. The van der Waals surface area contributed by atoms with E-state index in [0.717, 1.165) is 12.8 Å². The first kappa shape index (κ1) is 12.8. The number of aromatic nitrogens is 2. The van der Waals surface area contributed by atoms with Gasteiger partial charge in [0.25, 0.3) is 5.56 Å². The number of nitrogens with one attached hydrogen (secondary N) is 1. The van der Waals surface area contributed by atoms with Gasteiger partial charge in [0, 0.05) is 6.42 Å². The van der Waals surface area contributed by atoms with E-state index in [1.165, 1.54) is 24.0 Å². The molecule has 1 aromatic heterocycles. The number of aliphatic carboxylic acids is 1. The summed E-state index contributed by atoms with van der Waals surface area (Å²) in [6.45, 7) is 0. The van der Waals surface area contributed by atoms with Crippen LogP contribution in [0.25, 0.3) is 10.9 Å². The van der Waals surface area contributed by atoms with Gasteiger partial charge in [0.2, 0.25) is 0 Å². The van der Waals surface area contributed by atoms with Gasteiger partial charge in [-0.05, 0) is 48.9 Å². The van der Waals surface area contributed by atoms with Gasteiger partial charge in [-0.25, -0.2) is 4.98 Å². The summed E-state index contributed by atoms with van der Waals surface area (Å²) in [6.07, 6.45) is 4.61. The van der Waals surface area contributed by atoms with E-state index in [-0.39, 0.29) is 18.4 Å². The maximum atomic E-state index is 12.1. The minimum absolute atomic E-state index is 0.0284. The molecule has 104 valence electrons. The van der Waals surface area contributed by atoms with Crippen molar-refractivity contribution in [3.05, 3.63) is 39.4 Å². The fraction of sp³-hybridized carbons (Fsp3) is 0.400. The number of aryl methyl sites for hydroxylation is 3. The molecule has 0 bridgehead atoms. The van der Waals surface area contributed by atoms with Gasteiger partial charge in [0.15, 0.2) is 0 Å². The fourth-order valence-corrected chi connectivity index (χ4v) is 2.76. The Morgan fingerprint density at radius 3 is 2.65 bits per heavy atom. The summed E-state index contributed by atoms with van der Waals surface area (Å²) < 4.78 is 0. The van der Waals surface area contributed by atoms with Crippen molar-refractivity contribution in [3.63, 3.8) is 0 Å². The van der Waals surface area contributed by atoms with Crippen LogP contribution in [0.15, 0.2) is 16.9 Å². The lowest BCUT2D eigenvalue weighted by atomic mass is 9.90. The van der Waals surface area contributed by atoms with Crippen LogP contribution in [-0.4, -0.2) is 21.0 Å². The zero-order valence-corrected chi connectivity index (χ0v) is 11.1. The van der Waals surface area contributed by atoms with Crippen molar-refractivity contribution < 1.29 is 9.90 Å². The molecule has 0 amide bonds. The molecule has 0 saturated carbocycles. The monoisotopic (exact) mass is 272 g/mol. The minimum atomic E-state index is -0.891. The van der Waals surface area contributed by atoms with Crippen LogP contribution in [0.4, 0.5) is 0 Å². The summed E-state index contributed by atoms with van der Waals surface area (Å²) in [4.78, 5) is 29.8. The molecule has 3 rings (SSSR count). The van der Waals surface area contributed by atoms with Crippen molar-refractivity contribution >= 4 is 16.9 Å². The molecular formula is C15H16N2O3. The summed E-state index contributed by atoms with van der Waals surface area (Å²) in [6, 6.07) is 3.93. The maximum absolute atomic E-state index is 12.1. The Morgan fingerprint density at radius 1 is 1.25 bits per heavy atom. The number of carboxylic acid groups (broad SMARTS) is 1. The summed E-state index contributed by atoms with van der Waals surface area (Å²) in [5, 5.41) is 9.30. The van der Waals surface area contributed by atoms with Gasteiger partial charge >= 0.3 is 5.97 Å². The summed E-state index contributed by atoms with van der Waals surface area (Å²) in [5.74, 6) is -0.446. The normalized spacial score (nSPS) is 14.2. The smallest absolute Gasteiger partial charge is 0.303 e. The Balaban J connectivity index is 2.06. The molecule has 0 spiro atoms. The number of fused-ring (bicyclic) bond motifs is 2. The van der Waals surface area contributed by atoms with Crippen LogP contribution >= 0.6 is 0 Å². The van der Waals surface area contributed by atoms with Gasteiger partial charge in [-0.1, -0.05) is 0 Å². The standard InChI is InChI=1S/C15H16N2O3/c18-14(19)6-5-13-16-12-8-10-4-2-1-3-9(10)7-11(12)15(20)17-13/h7-8H,1-6H2,(H,18,19)(H,16,17,20). The molecular weight excluding hydrogens is 256 g/mol. The predicted molar refractivity (Wildman–Crippen MR) is 75.0 cm³/mol. The van der Waals surface area contributed by atoms with Crippen molar-refractivity contribution in [2.45, 2.75) is 38.5 Å². The van der Waals surface area contributed by atoms with Gasteiger partial charge in [0.05, 0.1) is 17.3 Å². The molecule has 0 unspecified atom stereocenters. The van der Waals surface area contributed by atoms with Crippen molar-refractivity contribution in [1.29, 1.82) is 0 Å². The highest BCUT2D eigenvalue weighted by atomic mass is 16.4. The summed E-state index contributed by atoms with van der Waals surface area (Å²) >= 11 is 0. The number of aromatic amines is 1. The Kier molecular flexibility index (Phi) is 3.26. The van der Waals surface area contributed by atoms with Crippen LogP contribution in [0.2, 0.25) is 0 Å². The van der Waals surface area contributed by atoms with Crippen LogP contribution in [0.1, 0.15) is 36.2 Å². The van der Waals surface area contributed by atoms with Gasteiger partial charge in [0.1, 0.15) is 5.82 Å². The second-order valence-electron chi connectivity index (χ2n) is 5.25. The third-order valence-corrected chi connectivity index (χ3v) is 3.79. The van der Waals surface area contributed by atoms with Gasteiger partial charge in [-0.3, -0.25) is 9.59 Å². The first-order chi connectivity index (χ1) is 9.63. The predicted octanol–water partition coefficient (Wildman–Crippen LogP) is 1.82. The molecule has 5 nitrogen and oxygen atoms in total. The number of hydrogen-bond acceptors (Lipinski definition) is 3. The molecule has 0 aliphatic heterocycles. The lowest BCUT2D eigenvalue weighted by Gasteiger charge is -2.16. The second-order valence-corrected chi connectivity index (χ2v) is 5.25. The van der Waals surface area contributed by atoms with Crippen LogP contribution in [0, 0.1) is 0 Å². The van der Waals surface area contributed by atoms with Crippen molar-refractivity contribution in [3.8, 4) is 0 Å². The first-order valence-electron chi connectivity index (χ1n) is 6.90. The van der Waals surface area contributed by atoms with Crippen molar-refractivity contribution in [2.75, 3.05) is 0 Å². The van der Waals surface area contributed by atoms with Crippen LogP contribution < -0.4 is 5.56 Å². The van der Waals surface area contributed by atoms with Gasteiger partial charge in [-0.15, -0.1) is 0 Å². The Labute approximate surface area is 115 Å². The summed E-state index contributed by atoms with van der Waals surface area (Å²) in [5.41, 5.74) is 3.01. The minimum Gasteiger partial charge on any atom is -0.481 e. The highest BCUT2D eigenvalue weighted by Crippen LogP contribution is 2.24. The fourth-order valence-electron chi connectivity index (χ4n) is 2.76. The van der Waals surface area contributed by atoms with E-state index < -0.39 is 5.97 Å².